The van der Waals surface area contributed by atoms with Gasteiger partial charge in [-0.15, -0.1) is 22.7 Å². The van der Waals surface area contributed by atoms with E-state index in [9.17, 15) is 0 Å². The maximum atomic E-state index is 6.11. The molecule has 0 radical (unpaired) electrons. The van der Waals surface area contributed by atoms with Gasteiger partial charge in [-0.3, -0.25) is 0 Å². The van der Waals surface area contributed by atoms with Crippen molar-refractivity contribution in [2.75, 3.05) is 5.32 Å². The van der Waals surface area contributed by atoms with Crippen LogP contribution in [-0.2, 0) is 6.42 Å². The lowest BCUT2D eigenvalue weighted by Crippen LogP contribution is -2.09. The number of hydrogen-bond acceptors (Lipinski definition) is 3. The molecule has 1 N–H and O–H groups in total. The van der Waals surface area contributed by atoms with Gasteiger partial charge in [-0.05, 0) is 47.7 Å². The van der Waals surface area contributed by atoms with E-state index in [1.165, 1.54) is 15.3 Å². The lowest BCUT2D eigenvalue weighted by atomic mass is 10.1. The largest absolute Gasteiger partial charge is 0.373 e. The molecule has 0 fully saturated rings. The number of halogens is 1. The van der Waals surface area contributed by atoms with Crippen LogP contribution in [0.2, 0.25) is 4.34 Å². The van der Waals surface area contributed by atoms with E-state index in [1.54, 1.807) is 22.7 Å². The van der Waals surface area contributed by atoms with Crippen LogP contribution in [0.25, 0.3) is 0 Å². The first-order chi connectivity index (χ1) is 10.3. The van der Waals surface area contributed by atoms with Crippen LogP contribution in [0.3, 0.4) is 0 Å². The van der Waals surface area contributed by atoms with E-state index in [1.807, 2.05) is 6.07 Å². The molecular weight excluding hydrogens is 318 g/mol. The quantitative estimate of drug-likeness (QED) is 0.583. The molecule has 21 heavy (non-hydrogen) atoms. The van der Waals surface area contributed by atoms with Crippen molar-refractivity contribution < 1.29 is 0 Å². The molecule has 2 aromatic heterocycles. The fourth-order valence-electron chi connectivity index (χ4n) is 2.27. The molecule has 4 heteroatoms. The SMILES string of the molecule is CCc1cccc(NC(c2cccs2)c2ccc(Cl)s2)c1. The third kappa shape index (κ3) is 3.49. The average Bonchev–Trinajstić information content (AvgIpc) is 3.16. The first-order valence-electron chi connectivity index (χ1n) is 6.90. The summed E-state index contributed by atoms with van der Waals surface area (Å²) >= 11 is 9.51. The van der Waals surface area contributed by atoms with Crippen molar-refractivity contribution in [1.82, 2.24) is 0 Å². The van der Waals surface area contributed by atoms with Crippen LogP contribution in [0, 0.1) is 0 Å². The monoisotopic (exact) mass is 333 g/mol. The lowest BCUT2D eigenvalue weighted by molar-refractivity contribution is 0.990. The van der Waals surface area contributed by atoms with Gasteiger partial charge in [-0.25, -0.2) is 0 Å². The molecule has 0 amide bonds. The summed E-state index contributed by atoms with van der Waals surface area (Å²) in [6.07, 6.45) is 1.05. The van der Waals surface area contributed by atoms with Gasteiger partial charge in [0.1, 0.15) is 0 Å². The number of anilines is 1. The number of rotatable bonds is 5. The van der Waals surface area contributed by atoms with Crippen molar-refractivity contribution in [3.8, 4) is 0 Å². The third-order valence-corrected chi connectivity index (χ3v) is 5.59. The summed E-state index contributed by atoms with van der Waals surface area (Å²) in [7, 11) is 0. The zero-order valence-electron chi connectivity index (χ0n) is 11.7. The van der Waals surface area contributed by atoms with Crippen LogP contribution < -0.4 is 5.32 Å². The Morgan fingerprint density at radius 3 is 2.67 bits per heavy atom. The van der Waals surface area contributed by atoms with Gasteiger partial charge in [-0.2, -0.15) is 0 Å². The molecule has 1 nitrogen and oxygen atoms in total. The summed E-state index contributed by atoms with van der Waals surface area (Å²) in [6.45, 7) is 2.18. The molecule has 0 saturated carbocycles. The predicted octanol–water partition coefficient (Wildman–Crippen LogP) is 6.23. The fraction of sp³-hybridized carbons (Fsp3) is 0.176. The van der Waals surface area contributed by atoms with Crippen molar-refractivity contribution in [2.24, 2.45) is 0 Å². The van der Waals surface area contributed by atoms with Crippen molar-refractivity contribution in [3.63, 3.8) is 0 Å². The fourth-order valence-corrected chi connectivity index (χ4v) is 4.27. The van der Waals surface area contributed by atoms with Crippen molar-refractivity contribution >= 4 is 40.0 Å². The van der Waals surface area contributed by atoms with Crippen LogP contribution in [0.1, 0.15) is 28.3 Å². The Morgan fingerprint density at radius 1 is 1.10 bits per heavy atom. The Kier molecular flexibility index (Phi) is 4.63. The summed E-state index contributed by atoms with van der Waals surface area (Å²) in [5, 5.41) is 5.76. The Morgan fingerprint density at radius 2 is 2.00 bits per heavy atom. The number of thiophene rings is 2. The lowest BCUT2D eigenvalue weighted by Gasteiger charge is -2.18. The van der Waals surface area contributed by atoms with E-state index >= 15 is 0 Å². The Hall–Kier alpha value is -1.29. The first kappa shape index (κ1) is 14.6. The molecule has 3 rings (SSSR count). The van der Waals surface area contributed by atoms with Gasteiger partial charge in [0.25, 0.3) is 0 Å². The minimum Gasteiger partial charge on any atom is -0.373 e. The minimum absolute atomic E-state index is 0.162. The third-order valence-electron chi connectivity index (χ3n) is 3.35. The smallest absolute Gasteiger partial charge is 0.0954 e. The second kappa shape index (κ2) is 6.65. The normalized spacial score (nSPS) is 12.3. The molecule has 0 saturated heterocycles. The summed E-state index contributed by atoms with van der Waals surface area (Å²) in [5.74, 6) is 0. The molecule has 1 atom stereocenters. The standard InChI is InChI=1S/C17H16ClNS2/c1-2-12-5-3-6-13(11-12)19-17(14-7-4-10-20-14)15-8-9-16(18)21-15/h3-11,17,19H,2H2,1H3. The highest BCUT2D eigenvalue weighted by atomic mass is 35.5. The van der Waals surface area contributed by atoms with Crippen LogP contribution in [0.4, 0.5) is 5.69 Å². The molecule has 108 valence electrons. The zero-order valence-corrected chi connectivity index (χ0v) is 14.1. The number of hydrogen-bond donors (Lipinski definition) is 1. The summed E-state index contributed by atoms with van der Waals surface area (Å²) in [4.78, 5) is 2.54. The average molecular weight is 334 g/mol. The molecule has 1 unspecified atom stereocenters. The molecule has 0 spiro atoms. The van der Waals surface area contributed by atoms with Gasteiger partial charge in [0.05, 0.1) is 10.4 Å². The van der Waals surface area contributed by atoms with E-state index in [0.717, 1.165) is 16.4 Å². The molecular formula is C17H16ClNS2. The maximum absolute atomic E-state index is 6.11. The van der Waals surface area contributed by atoms with Crippen LogP contribution in [-0.4, -0.2) is 0 Å². The highest BCUT2D eigenvalue weighted by molar-refractivity contribution is 7.16. The highest BCUT2D eigenvalue weighted by Gasteiger charge is 2.17. The van der Waals surface area contributed by atoms with Crippen molar-refractivity contribution in [1.29, 1.82) is 0 Å². The Bertz CT molecular complexity index is 703. The predicted molar refractivity (Wildman–Crippen MR) is 94.9 cm³/mol. The Labute approximate surface area is 138 Å². The molecule has 1 aromatic carbocycles. The van der Waals surface area contributed by atoms with Gasteiger partial charge in [0, 0.05) is 15.4 Å². The first-order valence-corrected chi connectivity index (χ1v) is 8.98. The van der Waals surface area contributed by atoms with E-state index in [-0.39, 0.29) is 6.04 Å². The van der Waals surface area contributed by atoms with Crippen LogP contribution >= 0.6 is 34.3 Å². The molecule has 0 aliphatic heterocycles. The molecule has 2 heterocycles. The summed E-state index contributed by atoms with van der Waals surface area (Å²) in [5.41, 5.74) is 2.49. The van der Waals surface area contributed by atoms with Gasteiger partial charge >= 0.3 is 0 Å². The number of nitrogens with one attached hydrogen (secondary N) is 1. The highest BCUT2D eigenvalue weighted by Crippen LogP contribution is 2.35. The van der Waals surface area contributed by atoms with E-state index < -0.39 is 0 Å². The van der Waals surface area contributed by atoms with E-state index in [2.05, 4.69) is 60.1 Å². The molecule has 3 aromatic rings. The minimum atomic E-state index is 0.162. The number of benzene rings is 1. The summed E-state index contributed by atoms with van der Waals surface area (Å²) in [6, 6.07) is 17.1. The molecule has 0 bridgehead atoms. The topological polar surface area (TPSA) is 12.0 Å². The van der Waals surface area contributed by atoms with Crippen molar-refractivity contribution in [3.05, 3.63) is 73.6 Å². The van der Waals surface area contributed by atoms with Gasteiger partial charge in [0.15, 0.2) is 0 Å². The second-order valence-electron chi connectivity index (χ2n) is 4.79. The Balaban J connectivity index is 1.92. The summed E-state index contributed by atoms with van der Waals surface area (Å²) < 4.78 is 0.829. The van der Waals surface area contributed by atoms with E-state index in [4.69, 9.17) is 11.6 Å². The van der Waals surface area contributed by atoms with Crippen LogP contribution in [0.15, 0.2) is 53.9 Å². The second-order valence-corrected chi connectivity index (χ2v) is 7.51. The van der Waals surface area contributed by atoms with Crippen molar-refractivity contribution in [2.45, 2.75) is 19.4 Å². The molecule has 0 aliphatic rings. The number of aryl methyl sites for hydroxylation is 1. The maximum Gasteiger partial charge on any atom is 0.0954 e. The van der Waals surface area contributed by atoms with Gasteiger partial charge in [-0.1, -0.05) is 36.7 Å². The van der Waals surface area contributed by atoms with E-state index in [0.29, 0.717) is 0 Å². The molecule has 0 aliphatic carbocycles. The van der Waals surface area contributed by atoms with Gasteiger partial charge in [0.2, 0.25) is 0 Å². The zero-order chi connectivity index (χ0) is 14.7. The van der Waals surface area contributed by atoms with Gasteiger partial charge < -0.3 is 5.32 Å². The van der Waals surface area contributed by atoms with Crippen LogP contribution in [0.5, 0.6) is 0 Å².